The molecule has 1 aromatic carbocycles. The van der Waals surface area contributed by atoms with Gasteiger partial charge in [0.25, 0.3) is 0 Å². The van der Waals surface area contributed by atoms with E-state index >= 15 is 0 Å². The predicted molar refractivity (Wildman–Crippen MR) is 91.8 cm³/mol. The number of anilines is 1. The molecule has 0 spiro atoms. The SMILES string of the molecule is COc1ccccc1N1CC[C@H](NC(=O)[C@H]2CCC[C@H](N)C2)C1=O. The summed E-state index contributed by atoms with van der Waals surface area (Å²) in [5.74, 6) is 0.483. The Morgan fingerprint density at radius 1 is 1.29 bits per heavy atom. The van der Waals surface area contributed by atoms with E-state index < -0.39 is 6.04 Å². The van der Waals surface area contributed by atoms with Crippen LogP contribution in [0.15, 0.2) is 24.3 Å². The van der Waals surface area contributed by atoms with Crippen molar-refractivity contribution in [3.8, 4) is 5.75 Å². The first-order chi connectivity index (χ1) is 11.6. The molecule has 0 unspecified atom stereocenters. The van der Waals surface area contributed by atoms with Gasteiger partial charge in [0.05, 0.1) is 12.8 Å². The third-order valence-electron chi connectivity index (χ3n) is 4.98. The largest absolute Gasteiger partial charge is 0.495 e. The Kier molecular flexibility index (Phi) is 5.04. The minimum Gasteiger partial charge on any atom is -0.495 e. The number of nitrogens with two attached hydrogens (primary N) is 1. The van der Waals surface area contributed by atoms with Crippen molar-refractivity contribution >= 4 is 17.5 Å². The zero-order valence-corrected chi connectivity index (χ0v) is 14.0. The maximum atomic E-state index is 12.7. The first-order valence-corrected chi connectivity index (χ1v) is 8.60. The molecule has 3 rings (SSSR count). The van der Waals surface area contributed by atoms with Gasteiger partial charge in [-0.25, -0.2) is 0 Å². The fourth-order valence-electron chi connectivity index (χ4n) is 3.66. The summed E-state index contributed by atoms with van der Waals surface area (Å²) in [5, 5.41) is 2.93. The summed E-state index contributed by atoms with van der Waals surface area (Å²) in [7, 11) is 1.59. The van der Waals surface area contributed by atoms with Crippen molar-refractivity contribution in [2.45, 2.75) is 44.2 Å². The number of methoxy groups -OCH3 is 1. The van der Waals surface area contributed by atoms with Gasteiger partial charge in [-0.3, -0.25) is 9.59 Å². The van der Waals surface area contributed by atoms with Crippen LogP contribution in [0, 0.1) is 5.92 Å². The maximum absolute atomic E-state index is 12.7. The molecule has 2 fully saturated rings. The van der Waals surface area contributed by atoms with Gasteiger partial charge in [-0.2, -0.15) is 0 Å². The molecule has 1 aromatic rings. The molecule has 1 saturated heterocycles. The van der Waals surface area contributed by atoms with Gasteiger partial charge in [0.2, 0.25) is 11.8 Å². The fourth-order valence-corrected chi connectivity index (χ4v) is 3.66. The number of nitrogens with zero attached hydrogens (tertiary/aromatic N) is 1. The van der Waals surface area contributed by atoms with E-state index in [1.54, 1.807) is 12.0 Å². The average molecular weight is 331 g/mol. The number of hydrogen-bond donors (Lipinski definition) is 2. The van der Waals surface area contributed by atoms with E-state index in [4.69, 9.17) is 10.5 Å². The lowest BCUT2D eigenvalue weighted by Gasteiger charge is -2.26. The third-order valence-corrected chi connectivity index (χ3v) is 4.98. The smallest absolute Gasteiger partial charge is 0.249 e. The molecule has 0 bridgehead atoms. The molecule has 1 saturated carbocycles. The first-order valence-electron chi connectivity index (χ1n) is 8.60. The summed E-state index contributed by atoms with van der Waals surface area (Å²) in [6, 6.07) is 7.08. The molecular weight excluding hydrogens is 306 g/mol. The Morgan fingerprint density at radius 3 is 2.83 bits per heavy atom. The highest BCUT2D eigenvalue weighted by molar-refractivity contribution is 6.02. The summed E-state index contributed by atoms with van der Waals surface area (Å²) in [6.45, 7) is 0.578. The quantitative estimate of drug-likeness (QED) is 0.874. The van der Waals surface area contributed by atoms with Crippen molar-refractivity contribution in [2.75, 3.05) is 18.6 Å². The van der Waals surface area contributed by atoms with Crippen LogP contribution in [-0.2, 0) is 9.59 Å². The number of carbonyl (C=O) groups is 2. The molecule has 130 valence electrons. The zero-order valence-electron chi connectivity index (χ0n) is 14.0. The summed E-state index contributed by atoms with van der Waals surface area (Å²) in [5.41, 5.74) is 6.71. The minimum absolute atomic E-state index is 0.0367. The predicted octanol–water partition coefficient (Wildman–Crippen LogP) is 1.43. The van der Waals surface area contributed by atoms with Gasteiger partial charge in [0, 0.05) is 18.5 Å². The molecular formula is C18H25N3O3. The number of para-hydroxylation sites is 2. The maximum Gasteiger partial charge on any atom is 0.249 e. The topological polar surface area (TPSA) is 84.7 Å². The molecule has 1 heterocycles. The van der Waals surface area contributed by atoms with Crippen LogP contribution in [0.2, 0.25) is 0 Å². The highest BCUT2D eigenvalue weighted by Crippen LogP contribution is 2.31. The molecule has 0 aromatic heterocycles. The van der Waals surface area contributed by atoms with Crippen LogP contribution in [0.1, 0.15) is 32.1 Å². The normalized spacial score (nSPS) is 27.2. The van der Waals surface area contributed by atoms with Crippen LogP contribution >= 0.6 is 0 Å². The van der Waals surface area contributed by atoms with Crippen LogP contribution in [0.25, 0.3) is 0 Å². The molecule has 3 atom stereocenters. The van der Waals surface area contributed by atoms with Gasteiger partial charge in [0.15, 0.2) is 0 Å². The molecule has 6 nitrogen and oxygen atoms in total. The number of ether oxygens (including phenoxy) is 1. The Morgan fingerprint density at radius 2 is 2.08 bits per heavy atom. The van der Waals surface area contributed by atoms with Crippen molar-refractivity contribution in [3.63, 3.8) is 0 Å². The molecule has 3 N–H and O–H groups in total. The number of hydrogen-bond acceptors (Lipinski definition) is 4. The molecule has 24 heavy (non-hydrogen) atoms. The summed E-state index contributed by atoms with van der Waals surface area (Å²) in [4.78, 5) is 26.8. The van der Waals surface area contributed by atoms with E-state index in [2.05, 4.69) is 5.32 Å². The molecule has 1 aliphatic carbocycles. The Bertz CT molecular complexity index is 619. The Balaban J connectivity index is 1.65. The van der Waals surface area contributed by atoms with E-state index in [9.17, 15) is 9.59 Å². The second-order valence-electron chi connectivity index (χ2n) is 6.64. The third kappa shape index (κ3) is 3.38. The molecule has 2 aliphatic rings. The monoisotopic (exact) mass is 331 g/mol. The lowest BCUT2D eigenvalue weighted by molar-refractivity contribution is -0.130. The molecule has 1 aliphatic heterocycles. The first kappa shape index (κ1) is 16.8. The van der Waals surface area contributed by atoms with Gasteiger partial charge in [0.1, 0.15) is 11.8 Å². The van der Waals surface area contributed by atoms with Crippen molar-refractivity contribution < 1.29 is 14.3 Å². The lowest BCUT2D eigenvalue weighted by Crippen LogP contribution is -2.45. The highest BCUT2D eigenvalue weighted by Gasteiger charge is 2.36. The Labute approximate surface area is 142 Å². The zero-order chi connectivity index (χ0) is 17.1. The van der Waals surface area contributed by atoms with Gasteiger partial charge in [-0.1, -0.05) is 18.6 Å². The van der Waals surface area contributed by atoms with Gasteiger partial charge >= 0.3 is 0 Å². The van der Waals surface area contributed by atoms with E-state index in [1.807, 2.05) is 24.3 Å². The van der Waals surface area contributed by atoms with Crippen molar-refractivity contribution in [3.05, 3.63) is 24.3 Å². The highest BCUT2D eigenvalue weighted by atomic mass is 16.5. The molecule has 0 radical (unpaired) electrons. The fraction of sp³-hybridized carbons (Fsp3) is 0.556. The number of rotatable bonds is 4. The summed E-state index contributed by atoms with van der Waals surface area (Å²) < 4.78 is 5.33. The van der Waals surface area contributed by atoms with Crippen LogP contribution in [-0.4, -0.2) is 37.6 Å². The second kappa shape index (κ2) is 7.21. The second-order valence-corrected chi connectivity index (χ2v) is 6.64. The van der Waals surface area contributed by atoms with Crippen LogP contribution < -0.4 is 20.7 Å². The lowest BCUT2D eigenvalue weighted by atomic mass is 9.85. The molecule has 6 heteroatoms. The standard InChI is InChI=1S/C18H25N3O3/c1-24-16-8-3-2-7-15(16)21-10-9-14(18(21)23)20-17(22)12-5-4-6-13(19)11-12/h2-3,7-8,12-14H,4-6,9-11,19H2,1H3,(H,20,22)/t12-,13-,14-/m0/s1. The van der Waals surface area contributed by atoms with Gasteiger partial charge in [-0.05, 0) is 37.8 Å². The number of amides is 2. The van der Waals surface area contributed by atoms with Crippen molar-refractivity contribution in [2.24, 2.45) is 11.7 Å². The number of benzene rings is 1. The number of nitrogens with one attached hydrogen (secondary N) is 1. The van der Waals surface area contributed by atoms with E-state index in [0.717, 1.165) is 24.9 Å². The van der Waals surface area contributed by atoms with Crippen molar-refractivity contribution in [1.82, 2.24) is 5.32 Å². The number of carbonyl (C=O) groups excluding carboxylic acids is 2. The Hall–Kier alpha value is -2.08. The summed E-state index contributed by atoms with van der Waals surface area (Å²) in [6.07, 6.45) is 4.14. The summed E-state index contributed by atoms with van der Waals surface area (Å²) >= 11 is 0. The van der Waals surface area contributed by atoms with E-state index in [0.29, 0.717) is 25.1 Å². The van der Waals surface area contributed by atoms with Gasteiger partial charge < -0.3 is 20.7 Å². The van der Waals surface area contributed by atoms with Gasteiger partial charge in [-0.15, -0.1) is 0 Å². The molecule has 2 amide bonds. The van der Waals surface area contributed by atoms with Crippen LogP contribution in [0.4, 0.5) is 5.69 Å². The van der Waals surface area contributed by atoms with E-state index in [-0.39, 0.29) is 23.8 Å². The van der Waals surface area contributed by atoms with Crippen molar-refractivity contribution in [1.29, 1.82) is 0 Å². The average Bonchev–Trinajstić information content (AvgIpc) is 2.95. The van der Waals surface area contributed by atoms with Crippen LogP contribution in [0.3, 0.4) is 0 Å². The van der Waals surface area contributed by atoms with Crippen LogP contribution in [0.5, 0.6) is 5.75 Å². The minimum atomic E-state index is -0.458. The van der Waals surface area contributed by atoms with E-state index in [1.165, 1.54) is 0 Å².